The van der Waals surface area contributed by atoms with E-state index in [1.54, 1.807) is 6.92 Å². The molecule has 0 aromatic carbocycles. The number of thiol groups is 1. The molecule has 0 spiro atoms. The molecule has 0 saturated heterocycles. The molecule has 1 nitrogen and oxygen atoms in total. The minimum atomic E-state index is -0.199. The first-order chi connectivity index (χ1) is 3.18. The highest BCUT2D eigenvalue weighted by atomic mass is 32.1. The van der Waals surface area contributed by atoms with Crippen molar-refractivity contribution in [3.63, 3.8) is 0 Å². The fraction of sp³-hybridized carbons (Fsp3) is 0.250. The van der Waals surface area contributed by atoms with Gasteiger partial charge in [-0.1, -0.05) is 5.70 Å². The Morgan fingerprint density at radius 1 is 1.86 bits per heavy atom. The highest BCUT2D eigenvalue weighted by molar-refractivity contribution is 7.97. The normalized spacial score (nSPS) is 11.6. The molecule has 37 valence electrons. The summed E-state index contributed by atoms with van der Waals surface area (Å²) in [6.45, 7) is 1.68. The van der Waals surface area contributed by atoms with Crippen LogP contribution in [0.3, 0.4) is 0 Å². The maximum atomic E-state index is 10.1. The van der Waals surface area contributed by atoms with Crippen molar-refractivity contribution in [1.29, 1.82) is 0 Å². The second kappa shape index (κ2) is 3.04. The van der Waals surface area contributed by atoms with Gasteiger partial charge in [0.1, 0.15) is 0 Å². The van der Waals surface area contributed by atoms with Crippen LogP contribution in [0.2, 0.25) is 0 Å². The van der Waals surface area contributed by atoms with Gasteiger partial charge in [0.15, 0.2) is 0 Å². The zero-order valence-electron chi connectivity index (χ0n) is 3.93. The summed E-state index contributed by atoms with van der Waals surface area (Å²) in [5.41, 5.74) is 2.15. The first-order valence-corrected chi connectivity index (χ1v) is 2.78. The van der Waals surface area contributed by atoms with Gasteiger partial charge in [-0.05, 0) is 12.5 Å². The summed E-state index contributed by atoms with van der Waals surface area (Å²) < 4.78 is 0. The summed E-state index contributed by atoms with van der Waals surface area (Å²) in [6.07, 6.45) is 0. The third kappa shape index (κ3) is 2.65. The highest BCUT2D eigenvalue weighted by Gasteiger charge is 1.90. The van der Waals surface area contributed by atoms with Crippen molar-refractivity contribution < 1.29 is 4.79 Å². The first kappa shape index (κ1) is 6.98. The van der Waals surface area contributed by atoms with Crippen molar-refractivity contribution in [3.8, 4) is 0 Å². The number of carbonyl (C=O) groups is 1. The Hall–Kier alpha value is -0.0231. The zero-order chi connectivity index (χ0) is 5.86. The molecule has 0 aliphatic carbocycles. The van der Waals surface area contributed by atoms with E-state index in [4.69, 9.17) is 0 Å². The van der Waals surface area contributed by atoms with Gasteiger partial charge in [-0.25, -0.2) is 0 Å². The predicted molar refractivity (Wildman–Crippen MR) is 33.5 cm³/mol. The lowest BCUT2D eigenvalue weighted by Crippen LogP contribution is -1.85. The topological polar surface area (TPSA) is 17.1 Å². The van der Waals surface area contributed by atoms with E-state index < -0.39 is 0 Å². The van der Waals surface area contributed by atoms with E-state index in [1.807, 2.05) is 0 Å². The Labute approximate surface area is 51.6 Å². The van der Waals surface area contributed by atoms with Gasteiger partial charge in [0.25, 0.3) is 0 Å². The van der Waals surface area contributed by atoms with Crippen LogP contribution in [0, 0.1) is 0 Å². The van der Waals surface area contributed by atoms with Crippen molar-refractivity contribution in [2.45, 2.75) is 6.92 Å². The van der Waals surface area contributed by atoms with Gasteiger partial charge in [0, 0.05) is 0 Å². The largest absolute Gasteiger partial charge is 0.282 e. The average molecular weight is 129 g/mol. The lowest BCUT2D eigenvalue weighted by Gasteiger charge is -1.84. The summed E-state index contributed by atoms with van der Waals surface area (Å²) in [4.78, 5) is 10.1. The van der Waals surface area contributed by atoms with Gasteiger partial charge >= 0.3 is 0 Å². The van der Waals surface area contributed by atoms with Crippen LogP contribution in [0.5, 0.6) is 0 Å². The lowest BCUT2D eigenvalue weighted by molar-refractivity contribution is -0.107. The van der Waals surface area contributed by atoms with Crippen LogP contribution in [0.25, 0.3) is 0 Å². The molecular weight excluding hydrogens is 124 g/mol. The van der Waals surface area contributed by atoms with E-state index in [2.05, 4.69) is 22.9 Å². The van der Waals surface area contributed by atoms with Gasteiger partial charge in [-0.3, -0.25) is 4.79 Å². The smallest absolute Gasteiger partial charge is 0.211 e. The van der Waals surface area contributed by atoms with Crippen LogP contribution in [0.4, 0.5) is 0 Å². The van der Waals surface area contributed by atoms with Crippen molar-refractivity contribution >= 4 is 28.0 Å². The molecule has 0 N–H and O–H groups in total. The highest BCUT2D eigenvalue weighted by Crippen LogP contribution is 1.93. The van der Waals surface area contributed by atoms with Crippen molar-refractivity contribution in [3.05, 3.63) is 11.3 Å². The van der Waals surface area contributed by atoms with Gasteiger partial charge in [0.05, 0.1) is 10.2 Å². The minimum Gasteiger partial charge on any atom is -0.282 e. The van der Waals surface area contributed by atoms with Crippen LogP contribution in [-0.4, -0.2) is 15.4 Å². The molecule has 0 heterocycles. The van der Waals surface area contributed by atoms with Crippen LogP contribution < -0.4 is 0 Å². The Balaban J connectivity index is 3.82. The van der Waals surface area contributed by atoms with Gasteiger partial charge in [-0.15, -0.1) is 12.6 Å². The molecule has 7 heavy (non-hydrogen) atoms. The van der Waals surface area contributed by atoms with Gasteiger partial charge in [-0.2, -0.15) is 0 Å². The zero-order valence-corrected chi connectivity index (χ0v) is 5.83. The van der Waals surface area contributed by atoms with Crippen molar-refractivity contribution in [2.75, 3.05) is 0 Å². The lowest BCUT2D eigenvalue weighted by atomic mass is 10.4. The maximum absolute atomic E-state index is 10.1. The van der Waals surface area contributed by atoms with E-state index in [-0.39, 0.29) is 5.12 Å². The Bertz CT molecular complexity index is 108. The number of rotatable bonds is 1. The molecule has 3 radical (unpaired) electrons. The molecule has 0 aliphatic heterocycles. The number of hydrogen-bond acceptors (Lipinski definition) is 1. The summed E-state index contributed by atoms with van der Waals surface area (Å²) >= 11 is 3.53. The number of hydrogen-bond donors (Lipinski definition) is 1. The molecule has 0 aromatic rings. The predicted octanol–water partition coefficient (Wildman–Crippen LogP) is 0.515. The molecule has 0 aromatic heterocycles. The van der Waals surface area contributed by atoms with E-state index in [0.29, 0.717) is 5.57 Å². The average Bonchev–Trinajstić information content (AvgIpc) is 1.65. The summed E-state index contributed by atoms with van der Waals surface area (Å²) in [5.74, 6) is 0. The molecule has 3 heteroatoms. The van der Waals surface area contributed by atoms with Crippen LogP contribution in [-0.2, 0) is 4.79 Å². The molecule has 0 bridgehead atoms. The van der Waals surface area contributed by atoms with E-state index in [9.17, 15) is 4.79 Å². The minimum absolute atomic E-state index is 0.199. The molecule has 0 unspecified atom stereocenters. The second-order valence-corrected chi connectivity index (χ2v) is 1.83. The molecule has 0 aliphatic rings. The quantitative estimate of drug-likeness (QED) is 0.310. The van der Waals surface area contributed by atoms with Gasteiger partial charge < -0.3 is 0 Å². The third-order valence-electron chi connectivity index (χ3n) is 0.554. The van der Waals surface area contributed by atoms with Crippen LogP contribution >= 0.6 is 12.6 Å². The van der Waals surface area contributed by atoms with Gasteiger partial charge in [0.2, 0.25) is 5.12 Å². The molecule has 0 fully saturated rings. The molecule has 0 saturated carbocycles. The Morgan fingerprint density at radius 3 is 2.29 bits per heavy atom. The van der Waals surface area contributed by atoms with E-state index >= 15 is 0 Å². The Kier molecular flexibility index (Phi) is 3.03. The number of carbonyl (C=O) groups excluding carboxylic acids is 1. The fourth-order valence-corrected chi connectivity index (χ4v) is 0.379. The SMILES string of the molecule is CC(=C[Si])C(=O)S. The van der Waals surface area contributed by atoms with Crippen molar-refractivity contribution in [2.24, 2.45) is 0 Å². The van der Waals surface area contributed by atoms with Crippen LogP contribution in [0.1, 0.15) is 6.92 Å². The fourth-order valence-electron chi connectivity index (χ4n) is 0.0617. The summed E-state index contributed by atoms with van der Waals surface area (Å²) in [6, 6.07) is 0. The summed E-state index contributed by atoms with van der Waals surface area (Å²) in [5, 5.41) is -0.199. The molecular formula is C4H5OSSi. The molecule has 0 amide bonds. The van der Waals surface area contributed by atoms with E-state index in [1.165, 1.54) is 5.70 Å². The van der Waals surface area contributed by atoms with E-state index in [0.717, 1.165) is 0 Å². The first-order valence-electron chi connectivity index (χ1n) is 1.76. The monoisotopic (exact) mass is 129 g/mol. The van der Waals surface area contributed by atoms with Crippen molar-refractivity contribution in [1.82, 2.24) is 0 Å². The third-order valence-corrected chi connectivity index (χ3v) is 1.34. The van der Waals surface area contributed by atoms with Crippen LogP contribution in [0.15, 0.2) is 11.3 Å². The molecule has 0 atom stereocenters. The maximum Gasteiger partial charge on any atom is 0.211 e. The molecule has 0 rings (SSSR count). The Morgan fingerprint density at radius 2 is 2.29 bits per heavy atom. The second-order valence-electron chi connectivity index (χ2n) is 1.13. The summed E-state index contributed by atoms with van der Waals surface area (Å²) in [7, 11) is 3.03. The standard InChI is InChI=1S/C4H5OSSi/c1-3(2-7)4(5)6/h2H,1H3,(H,5,6).